The minimum atomic E-state index is -1.15. The Morgan fingerprint density at radius 2 is 0.922 bits per heavy atom. The molecule has 11 heteroatoms. The van der Waals surface area contributed by atoms with Gasteiger partial charge < -0.3 is 27.4 Å². The second-order valence-corrected chi connectivity index (χ2v) is 13.3. The summed E-state index contributed by atoms with van der Waals surface area (Å²) < 4.78 is 0. The van der Waals surface area contributed by atoms with Gasteiger partial charge in [-0.3, -0.25) is 19.2 Å². The van der Waals surface area contributed by atoms with Crippen molar-refractivity contribution >= 4 is 57.6 Å². The van der Waals surface area contributed by atoms with Crippen LogP contribution in [0.25, 0.3) is 10.8 Å². The van der Waals surface area contributed by atoms with Crippen molar-refractivity contribution in [3.63, 3.8) is 0 Å². The van der Waals surface area contributed by atoms with E-state index in [9.17, 15) is 19.2 Å². The highest BCUT2D eigenvalue weighted by Gasteiger charge is 2.31. The van der Waals surface area contributed by atoms with Gasteiger partial charge in [0, 0.05) is 29.3 Å². The molecule has 0 aromatic heterocycles. The van der Waals surface area contributed by atoms with Crippen LogP contribution in [-0.2, 0) is 44.9 Å². The minimum absolute atomic E-state index is 0.0873. The lowest BCUT2D eigenvalue weighted by atomic mass is 9.99. The molecule has 0 aliphatic carbocycles. The zero-order chi connectivity index (χ0) is 36.3. The van der Waals surface area contributed by atoms with E-state index in [1.165, 1.54) is 0 Å². The molecule has 5 rings (SSSR count). The van der Waals surface area contributed by atoms with Crippen LogP contribution in [0.3, 0.4) is 0 Å². The molecule has 5 aromatic rings. The van der Waals surface area contributed by atoms with E-state index in [2.05, 4.69) is 16.0 Å². The first-order valence-electron chi connectivity index (χ1n) is 16.5. The largest absolute Gasteiger partial charge is 0.368 e. The first kappa shape index (κ1) is 37.0. The summed E-state index contributed by atoms with van der Waals surface area (Å²) in [5.41, 5.74) is 15.1. The smallest absolute Gasteiger partial charge is 0.243 e. The van der Waals surface area contributed by atoms with Gasteiger partial charge in [0.2, 0.25) is 23.6 Å². The van der Waals surface area contributed by atoms with Crippen LogP contribution in [0.2, 0.25) is 10.0 Å². The summed E-state index contributed by atoms with van der Waals surface area (Å²) in [4.78, 5) is 54.0. The van der Waals surface area contributed by atoms with E-state index < -0.39 is 47.8 Å². The Morgan fingerprint density at radius 3 is 1.49 bits per heavy atom. The van der Waals surface area contributed by atoms with Crippen molar-refractivity contribution < 1.29 is 19.2 Å². The maximum Gasteiger partial charge on any atom is 0.243 e. The van der Waals surface area contributed by atoms with E-state index in [0.29, 0.717) is 10.0 Å². The molecule has 9 nitrogen and oxygen atoms in total. The van der Waals surface area contributed by atoms with Gasteiger partial charge >= 0.3 is 0 Å². The molecule has 4 unspecified atom stereocenters. The Kier molecular flexibility index (Phi) is 12.8. The lowest BCUT2D eigenvalue weighted by molar-refractivity contribution is -0.133. The van der Waals surface area contributed by atoms with Crippen LogP contribution in [0.5, 0.6) is 0 Å². The van der Waals surface area contributed by atoms with Gasteiger partial charge in [-0.25, -0.2) is 0 Å². The molecular formula is C40H39Cl2N5O4. The van der Waals surface area contributed by atoms with Gasteiger partial charge in [-0.05, 0) is 63.7 Å². The molecule has 0 radical (unpaired) electrons. The third-order valence-corrected chi connectivity index (χ3v) is 9.02. The lowest BCUT2D eigenvalue weighted by Gasteiger charge is -2.26. The molecule has 0 bridgehead atoms. The van der Waals surface area contributed by atoms with Gasteiger partial charge in [-0.2, -0.15) is 0 Å². The van der Waals surface area contributed by atoms with Crippen LogP contribution in [0.1, 0.15) is 22.3 Å². The summed E-state index contributed by atoms with van der Waals surface area (Å²) in [5, 5.41) is 11.4. The first-order valence-corrected chi connectivity index (χ1v) is 17.3. The van der Waals surface area contributed by atoms with E-state index in [1.807, 2.05) is 72.8 Å². The Balaban J connectivity index is 1.40. The maximum absolute atomic E-state index is 14.1. The molecule has 0 aliphatic rings. The standard InChI is InChI=1S/C40H39Cl2N5O4/c41-31-16-11-26(12-17-31)22-34(37(44)48)45-39(50)36(24-28-10-15-29-8-4-5-9-30(29)20-28)47-40(51)35(23-27-13-18-32(42)19-14-27)46-38(49)33(43)21-25-6-2-1-3-7-25/h1-20,33-36H,21-24,43H2,(H2,44,48)(H,45,50)(H,46,49)(H,47,51). The second kappa shape index (κ2) is 17.6. The van der Waals surface area contributed by atoms with E-state index in [1.54, 1.807) is 48.5 Å². The zero-order valence-corrected chi connectivity index (χ0v) is 29.2. The fraction of sp³-hybridized carbons (Fsp3) is 0.200. The Bertz CT molecular complexity index is 1970. The number of halogens is 2. The van der Waals surface area contributed by atoms with Crippen LogP contribution in [0, 0.1) is 0 Å². The van der Waals surface area contributed by atoms with Crippen molar-refractivity contribution in [2.24, 2.45) is 11.5 Å². The predicted octanol–water partition coefficient (Wildman–Crippen LogP) is 4.68. The molecule has 0 heterocycles. The van der Waals surface area contributed by atoms with Gasteiger partial charge in [0.05, 0.1) is 6.04 Å². The molecule has 51 heavy (non-hydrogen) atoms. The highest BCUT2D eigenvalue weighted by molar-refractivity contribution is 6.30. The third kappa shape index (κ3) is 10.9. The average molecular weight is 725 g/mol. The molecule has 4 atom stereocenters. The van der Waals surface area contributed by atoms with Crippen LogP contribution in [-0.4, -0.2) is 47.8 Å². The van der Waals surface area contributed by atoms with E-state index in [4.69, 9.17) is 34.7 Å². The maximum atomic E-state index is 14.1. The summed E-state index contributed by atoms with van der Waals surface area (Å²) >= 11 is 12.1. The highest BCUT2D eigenvalue weighted by Crippen LogP contribution is 2.18. The summed E-state index contributed by atoms with van der Waals surface area (Å²) in [6.07, 6.45) is 0.558. The quantitative estimate of drug-likeness (QED) is 0.106. The van der Waals surface area contributed by atoms with Crippen LogP contribution >= 0.6 is 23.2 Å². The monoisotopic (exact) mass is 723 g/mol. The van der Waals surface area contributed by atoms with Gasteiger partial charge in [0.15, 0.2) is 0 Å². The van der Waals surface area contributed by atoms with E-state index in [0.717, 1.165) is 33.0 Å². The number of fused-ring (bicyclic) bond motifs is 1. The molecule has 0 aliphatic heterocycles. The molecule has 7 N–H and O–H groups in total. The molecule has 4 amide bonds. The Morgan fingerprint density at radius 1 is 0.490 bits per heavy atom. The summed E-state index contributed by atoms with van der Waals surface area (Å²) in [7, 11) is 0. The SMILES string of the molecule is NC(=O)C(Cc1ccc(Cl)cc1)NC(=O)C(Cc1ccc2ccccc2c1)NC(=O)C(Cc1ccc(Cl)cc1)NC(=O)C(N)Cc1ccccc1. The van der Waals surface area contributed by atoms with Crippen LogP contribution in [0.4, 0.5) is 0 Å². The molecular weight excluding hydrogens is 685 g/mol. The summed E-state index contributed by atoms with van der Waals surface area (Å²) in [6.45, 7) is 0. The number of hydrogen-bond acceptors (Lipinski definition) is 5. The number of nitrogens with one attached hydrogen (secondary N) is 3. The van der Waals surface area contributed by atoms with Crippen molar-refractivity contribution in [3.05, 3.63) is 154 Å². The average Bonchev–Trinajstić information content (AvgIpc) is 3.12. The first-order chi connectivity index (χ1) is 24.5. The molecule has 0 spiro atoms. The second-order valence-electron chi connectivity index (χ2n) is 12.4. The fourth-order valence-corrected chi connectivity index (χ4v) is 5.99. The van der Waals surface area contributed by atoms with Gasteiger partial charge in [0.25, 0.3) is 0 Å². The topological polar surface area (TPSA) is 156 Å². The number of rotatable bonds is 15. The number of amides is 4. The molecule has 262 valence electrons. The van der Waals surface area contributed by atoms with Crippen molar-refractivity contribution in [1.29, 1.82) is 0 Å². The lowest BCUT2D eigenvalue weighted by Crippen LogP contribution is -2.58. The number of carbonyl (C=O) groups excluding carboxylic acids is 4. The molecule has 0 fully saturated rings. The number of primary amides is 1. The van der Waals surface area contributed by atoms with Crippen molar-refractivity contribution in [1.82, 2.24) is 16.0 Å². The Labute approximate surface area is 306 Å². The number of nitrogens with two attached hydrogens (primary N) is 2. The van der Waals surface area contributed by atoms with Crippen molar-refractivity contribution in [2.75, 3.05) is 0 Å². The van der Waals surface area contributed by atoms with Gasteiger partial charge in [-0.15, -0.1) is 0 Å². The number of benzene rings is 5. The minimum Gasteiger partial charge on any atom is -0.368 e. The van der Waals surface area contributed by atoms with Crippen LogP contribution < -0.4 is 27.4 Å². The number of hydrogen-bond donors (Lipinski definition) is 5. The van der Waals surface area contributed by atoms with Gasteiger partial charge in [-0.1, -0.05) is 120 Å². The highest BCUT2D eigenvalue weighted by atomic mass is 35.5. The summed E-state index contributed by atoms with van der Waals surface area (Å²) in [5.74, 6) is -2.50. The van der Waals surface area contributed by atoms with Crippen molar-refractivity contribution in [3.8, 4) is 0 Å². The zero-order valence-electron chi connectivity index (χ0n) is 27.7. The summed E-state index contributed by atoms with van der Waals surface area (Å²) in [6, 6.07) is 32.3. The van der Waals surface area contributed by atoms with Crippen LogP contribution in [0.15, 0.2) is 121 Å². The Hall–Kier alpha value is -5.22. The molecule has 0 saturated carbocycles. The van der Waals surface area contributed by atoms with E-state index >= 15 is 0 Å². The fourth-order valence-electron chi connectivity index (χ4n) is 5.74. The van der Waals surface area contributed by atoms with E-state index in [-0.39, 0.29) is 25.7 Å². The third-order valence-electron chi connectivity index (χ3n) is 8.52. The van der Waals surface area contributed by atoms with Crippen molar-refractivity contribution in [2.45, 2.75) is 49.9 Å². The molecule has 0 saturated heterocycles. The normalized spacial score (nSPS) is 13.4. The number of carbonyl (C=O) groups is 4. The van der Waals surface area contributed by atoms with Gasteiger partial charge in [0.1, 0.15) is 18.1 Å². The predicted molar refractivity (Wildman–Crippen MR) is 201 cm³/mol. The molecule has 5 aromatic carbocycles.